The van der Waals surface area contributed by atoms with Gasteiger partial charge in [0.15, 0.2) is 11.4 Å². The van der Waals surface area contributed by atoms with E-state index < -0.39 is 28.6 Å². The third-order valence-corrected chi connectivity index (χ3v) is 5.13. The molecule has 1 saturated heterocycles. The number of hydrogen-bond acceptors (Lipinski definition) is 5. The number of carboxylic acids is 1. The standard InChI is InChI=1S/C16H19N3O5/c20-13-10(16(23)24)7-18-8-11-17(6-9-2-3-9)4-1-5-19(11)15(22)12(18)14(13)21/h7,9,11,21H,1-6,8H2,(H,23,24). The lowest BCUT2D eigenvalue weighted by atomic mass is 10.1. The van der Waals surface area contributed by atoms with Crippen molar-refractivity contribution in [3.05, 3.63) is 27.7 Å². The zero-order valence-electron chi connectivity index (χ0n) is 13.1. The summed E-state index contributed by atoms with van der Waals surface area (Å²) in [5.74, 6) is -1.90. The van der Waals surface area contributed by atoms with Gasteiger partial charge in [-0.2, -0.15) is 0 Å². The number of aromatic carboxylic acids is 1. The van der Waals surface area contributed by atoms with Crippen LogP contribution in [-0.2, 0) is 6.54 Å². The second-order valence-corrected chi connectivity index (χ2v) is 6.80. The number of carbonyl (C=O) groups is 2. The zero-order valence-corrected chi connectivity index (χ0v) is 13.1. The number of rotatable bonds is 3. The number of nitrogens with zero attached hydrogens (tertiary/aromatic N) is 3. The summed E-state index contributed by atoms with van der Waals surface area (Å²) in [6.07, 6.45) is 4.31. The molecule has 0 bridgehead atoms. The normalized spacial score (nSPS) is 23.8. The van der Waals surface area contributed by atoms with E-state index in [9.17, 15) is 19.5 Å². The van der Waals surface area contributed by atoms with Crippen molar-refractivity contribution < 1.29 is 19.8 Å². The SMILES string of the molecule is O=C(O)c1cn2c(c(O)c1=O)C(=O)N1CCCN(CC3CC3)C1C2. The van der Waals surface area contributed by atoms with Gasteiger partial charge in [0.2, 0.25) is 5.43 Å². The van der Waals surface area contributed by atoms with Crippen LogP contribution in [-0.4, -0.2) is 62.3 Å². The van der Waals surface area contributed by atoms with E-state index in [1.165, 1.54) is 23.6 Å². The molecule has 8 nitrogen and oxygen atoms in total. The summed E-state index contributed by atoms with van der Waals surface area (Å²) >= 11 is 0. The van der Waals surface area contributed by atoms with E-state index in [1.807, 2.05) is 0 Å². The minimum absolute atomic E-state index is 0.102. The number of carbonyl (C=O) groups excluding carboxylic acids is 1. The Morgan fingerprint density at radius 1 is 1.25 bits per heavy atom. The maximum Gasteiger partial charge on any atom is 0.341 e. The van der Waals surface area contributed by atoms with Crippen molar-refractivity contribution >= 4 is 11.9 Å². The van der Waals surface area contributed by atoms with E-state index in [0.29, 0.717) is 19.0 Å². The van der Waals surface area contributed by atoms with Crippen LogP contribution in [0.5, 0.6) is 5.75 Å². The van der Waals surface area contributed by atoms with Crippen LogP contribution in [0.3, 0.4) is 0 Å². The van der Waals surface area contributed by atoms with Gasteiger partial charge in [-0.05, 0) is 25.2 Å². The van der Waals surface area contributed by atoms with Gasteiger partial charge in [-0.1, -0.05) is 0 Å². The maximum absolute atomic E-state index is 12.8. The predicted octanol–water partition coefficient (Wildman–Crippen LogP) is 0.150. The van der Waals surface area contributed by atoms with Gasteiger partial charge in [0, 0.05) is 25.8 Å². The van der Waals surface area contributed by atoms with E-state index in [2.05, 4.69) is 4.90 Å². The van der Waals surface area contributed by atoms with Crippen LogP contribution in [0.4, 0.5) is 0 Å². The average molecular weight is 333 g/mol. The molecule has 0 spiro atoms. The van der Waals surface area contributed by atoms with Gasteiger partial charge < -0.3 is 19.7 Å². The minimum Gasteiger partial charge on any atom is -0.503 e. The predicted molar refractivity (Wildman–Crippen MR) is 83.1 cm³/mol. The Morgan fingerprint density at radius 3 is 2.67 bits per heavy atom. The van der Waals surface area contributed by atoms with Crippen molar-refractivity contribution in [1.82, 2.24) is 14.4 Å². The van der Waals surface area contributed by atoms with Gasteiger partial charge in [-0.3, -0.25) is 14.5 Å². The molecular weight excluding hydrogens is 314 g/mol. The number of pyridine rings is 1. The van der Waals surface area contributed by atoms with Crippen molar-refractivity contribution in [2.45, 2.75) is 32.0 Å². The summed E-state index contributed by atoms with van der Waals surface area (Å²) in [6.45, 7) is 2.78. The molecule has 2 N–H and O–H groups in total. The first kappa shape index (κ1) is 15.2. The first-order valence-corrected chi connectivity index (χ1v) is 8.22. The number of fused-ring (bicyclic) bond motifs is 2. The summed E-state index contributed by atoms with van der Waals surface area (Å²) in [5, 5.41) is 19.2. The van der Waals surface area contributed by atoms with Gasteiger partial charge in [0.1, 0.15) is 11.7 Å². The first-order valence-electron chi connectivity index (χ1n) is 8.22. The van der Waals surface area contributed by atoms with Crippen LogP contribution in [0.1, 0.15) is 40.1 Å². The second-order valence-electron chi connectivity index (χ2n) is 6.80. The topological polar surface area (TPSA) is 103 Å². The smallest absolute Gasteiger partial charge is 0.341 e. The highest BCUT2D eigenvalue weighted by Crippen LogP contribution is 2.33. The molecule has 128 valence electrons. The Labute approximate surface area is 137 Å². The Bertz CT molecular complexity index is 783. The van der Waals surface area contributed by atoms with E-state index in [1.54, 1.807) is 4.90 Å². The fourth-order valence-electron chi connectivity index (χ4n) is 3.72. The lowest BCUT2D eigenvalue weighted by Gasteiger charge is -2.47. The van der Waals surface area contributed by atoms with Gasteiger partial charge in [-0.25, -0.2) is 4.79 Å². The summed E-state index contributed by atoms with van der Waals surface area (Å²) in [7, 11) is 0. The van der Waals surface area contributed by atoms with Crippen LogP contribution in [0.2, 0.25) is 0 Å². The molecule has 24 heavy (non-hydrogen) atoms. The summed E-state index contributed by atoms with van der Waals surface area (Å²) < 4.78 is 1.43. The highest BCUT2D eigenvalue weighted by atomic mass is 16.4. The van der Waals surface area contributed by atoms with Gasteiger partial charge in [0.25, 0.3) is 5.91 Å². The van der Waals surface area contributed by atoms with Crippen molar-refractivity contribution in [3.63, 3.8) is 0 Å². The van der Waals surface area contributed by atoms with Crippen molar-refractivity contribution in [3.8, 4) is 5.75 Å². The number of aromatic nitrogens is 1. The largest absolute Gasteiger partial charge is 0.503 e. The van der Waals surface area contributed by atoms with Crippen LogP contribution in [0.15, 0.2) is 11.0 Å². The molecule has 0 radical (unpaired) electrons. The monoisotopic (exact) mass is 333 g/mol. The maximum atomic E-state index is 12.8. The zero-order chi connectivity index (χ0) is 17.0. The van der Waals surface area contributed by atoms with Gasteiger partial charge in [0.05, 0.1) is 6.54 Å². The molecule has 3 aliphatic rings. The van der Waals surface area contributed by atoms with Crippen molar-refractivity contribution in [1.29, 1.82) is 0 Å². The molecule has 1 aromatic rings. The summed E-state index contributed by atoms with van der Waals surface area (Å²) in [6, 6.07) is 0. The summed E-state index contributed by atoms with van der Waals surface area (Å²) in [4.78, 5) is 39.9. The Hall–Kier alpha value is -2.35. The van der Waals surface area contributed by atoms with E-state index >= 15 is 0 Å². The second kappa shape index (κ2) is 5.34. The average Bonchev–Trinajstić information content (AvgIpc) is 3.35. The van der Waals surface area contributed by atoms with Crippen LogP contribution in [0.25, 0.3) is 0 Å². The third kappa shape index (κ3) is 2.29. The molecule has 1 aromatic heterocycles. The summed E-state index contributed by atoms with van der Waals surface area (Å²) in [5.41, 5.74) is -1.62. The lowest BCUT2D eigenvalue weighted by Crippen LogP contribution is -2.61. The lowest BCUT2D eigenvalue weighted by molar-refractivity contribution is -0.0120. The Morgan fingerprint density at radius 2 is 2.00 bits per heavy atom. The molecule has 1 aliphatic carbocycles. The molecule has 3 heterocycles. The molecular formula is C16H19N3O5. The van der Waals surface area contributed by atoms with Gasteiger partial charge in [-0.15, -0.1) is 0 Å². The van der Waals surface area contributed by atoms with E-state index in [0.717, 1.165) is 19.5 Å². The van der Waals surface area contributed by atoms with Gasteiger partial charge >= 0.3 is 5.97 Å². The molecule has 8 heteroatoms. The van der Waals surface area contributed by atoms with Crippen LogP contribution < -0.4 is 5.43 Å². The Kier molecular flexibility index (Phi) is 3.38. The van der Waals surface area contributed by atoms with E-state index in [-0.39, 0.29) is 11.9 Å². The van der Waals surface area contributed by atoms with Crippen LogP contribution >= 0.6 is 0 Å². The van der Waals surface area contributed by atoms with Crippen LogP contribution in [0, 0.1) is 5.92 Å². The minimum atomic E-state index is -1.40. The quantitative estimate of drug-likeness (QED) is 0.816. The number of amides is 1. The van der Waals surface area contributed by atoms with E-state index in [4.69, 9.17) is 5.11 Å². The van der Waals surface area contributed by atoms with Crippen molar-refractivity contribution in [2.75, 3.05) is 19.6 Å². The Balaban J connectivity index is 1.76. The molecule has 1 unspecified atom stereocenters. The third-order valence-electron chi connectivity index (χ3n) is 5.13. The number of hydrogen-bond donors (Lipinski definition) is 2. The number of carboxylic acid groups (broad SMARTS) is 1. The molecule has 0 aromatic carbocycles. The molecule has 1 saturated carbocycles. The highest BCUT2D eigenvalue weighted by molar-refractivity contribution is 5.97. The van der Waals surface area contributed by atoms with Crippen molar-refractivity contribution in [2.24, 2.45) is 5.92 Å². The fourth-order valence-corrected chi connectivity index (χ4v) is 3.72. The molecule has 1 atom stereocenters. The molecule has 1 amide bonds. The molecule has 4 rings (SSSR count). The first-order chi connectivity index (χ1) is 11.5. The highest BCUT2D eigenvalue weighted by Gasteiger charge is 2.41. The molecule has 2 aliphatic heterocycles. The number of aromatic hydroxyl groups is 1. The molecule has 2 fully saturated rings. The fraction of sp³-hybridized carbons (Fsp3) is 0.562.